The summed E-state index contributed by atoms with van der Waals surface area (Å²) in [6.07, 6.45) is -0.524. The highest BCUT2D eigenvalue weighted by atomic mass is 35.5. The molecule has 2 aliphatic rings. The zero-order valence-electron chi connectivity index (χ0n) is 7.87. The molecule has 0 bridgehead atoms. The number of hydrogen-bond acceptors (Lipinski definition) is 4. The third kappa shape index (κ3) is 0.714. The Bertz CT molecular complexity index is 366. The number of carbonyl (C=O) groups excluding carboxylic acids is 1. The van der Waals surface area contributed by atoms with Crippen molar-refractivity contribution in [2.75, 3.05) is 0 Å². The number of hydrogen-bond donors (Lipinski definition) is 1. The van der Waals surface area contributed by atoms with Crippen LogP contribution >= 0.6 is 11.6 Å². The quantitative estimate of drug-likeness (QED) is 0.593. The maximum Gasteiger partial charge on any atom is 0.198 e. The van der Waals surface area contributed by atoms with Gasteiger partial charge in [-0.3, -0.25) is 4.79 Å². The van der Waals surface area contributed by atoms with E-state index in [9.17, 15) is 9.90 Å². The summed E-state index contributed by atoms with van der Waals surface area (Å²) in [6.45, 7) is 3.16. The Kier molecular flexibility index (Phi) is 1.63. The van der Waals surface area contributed by atoms with Crippen molar-refractivity contribution in [2.45, 2.75) is 42.4 Å². The summed E-state index contributed by atoms with van der Waals surface area (Å²) in [5, 5.41) is 19.0. The molecule has 0 spiro atoms. The van der Waals surface area contributed by atoms with Gasteiger partial charge >= 0.3 is 0 Å². The summed E-state index contributed by atoms with van der Waals surface area (Å²) in [5.41, 5.74) is -2.85. The fourth-order valence-electron chi connectivity index (χ4n) is 2.47. The van der Waals surface area contributed by atoms with Crippen LogP contribution < -0.4 is 0 Å². The van der Waals surface area contributed by atoms with Crippen molar-refractivity contribution in [1.29, 1.82) is 5.26 Å². The molecule has 0 aromatic rings. The van der Waals surface area contributed by atoms with E-state index in [1.165, 1.54) is 0 Å². The zero-order valence-corrected chi connectivity index (χ0v) is 8.63. The molecule has 1 aliphatic carbocycles. The van der Waals surface area contributed by atoms with Gasteiger partial charge in [-0.1, -0.05) is 11.6 Å². The Morgan fingerprint density at radius 1 is 1.79 bits per heavy atom. The van der Waals surface area contributed by atoms with Gasteiger partial charge in [0.05, 0.1) is 6.07 Å². The third-order valence-corrected chi connectivity index (χ3v) is 3.75. The highest BCUT2D eigenvalue weighted by molar-refractivity contribution is 6.31. The molecule has 1 unspecified atom stereocenters. The van der Waals surface area contributed by atoms with E-state index in [0.717, 1.165) is 0 Å². The highest BCUT2D eigenvalue weighted by Gasteiger charge is 2.81. The summed E-state index contributed by atoms with van der Waals surface area (Å²) in [4.78, 5) is 10.1. The lowest BCUT2D eigenvalue weighted by Gasteiger charge is -2.54. The lowest BCUT2D eigenvalue weighted by molar-refractivity contribution is -0.199. The molecule has 0 aromatic heterocycles. The van der Waals surface area contributed by atoms with Crippen LogP contribution in [0.15, 0.2) is 0 Å². The van der Waals surface area contributed by atoms with E-state index in [1.54, 1.807) is 19.9 Å². The van der Waals surface area contributed by atoms with Crippen molar-refractivity contribution in [1.82, 2.24) is 0 Å². The van der Waals surface area contributed by atoms with Gasteiger partial charge in [-0.05, 0) is 13.8 Å². The minimum atomic E-state index is -1.85. The molecule has 1 saturated carbocycles. The lowest BCUT2D eigenvalue weighted by atomic mass is 9.57. The van der Waals surface area contributed by atoms with Gasteiger partial charge in [-0.2, -0.15) is 5.26 Å². The van der Waals surface area contributed by atoms with E-state index in [2.05, 4.69) is 0 Å². The number of ketones is 1. The summed E-state index contributed by atoms with van der Waals surface area (Å²) < 4.78 is 5.33. The minimum Gasteiger partial charge on any atom is -0.376 e. The molecule has 0 radical (unpaired) electrons. The molecule has 0 aromatic carbocycles. The molecule has 1 N–H and O–H groups in total. The monoisotopic (exact) mass is 215 g/mol. The summed E-state index contributed by atoms with van der Waals surface area (Å²) in [7, 11) is 0. The topological polar surface area (TPSA) is 70.3 Å². The summed E-state index contributed by atoms with van der Waals surface area (Å²) in [6, 6.07) is 1.78. The molecule has 2 rings (SSSR count). The van der Waals surface area contributed by atoms with Crippen LogP contribution in [0, 0.1) is 11.3 Å². The zero-order chi connectivity index (χ0) is 10.8. The smallest absolute Gasteiger partial charge is 0.198 e. The summed E-state index contributed by atoms with van der Waals surface area (Å²) in [5.74, 6) is -0.497. The Labute approximate surface area is 86.4 Å². The predicted molar refractivity (Wildman–Crippen MR) is 47.7 cm³/mol. The molecule has 1 saturated heterocycles. The first kappa shape index (κ1) is 9.91. The van der Waals surface area contributed by atoms with Gasteiger partial charge in [-0.25, -0.2) is 0 Å². The number of Topliss-reactive ketones (excluding diaryl/α,β-unsaturated/α-hetero) is 1. The average Bonchev–Trinajstić information content (AvgIpc) is 2.26. The number of rotatable bonds is 0. The number of alkyl halides is 1. The molecule has 1 aliphatic heterocycles. The SMILES string of the molecule is CC1O[C@]2(C)C[C@](Cl)(C#N)[C@]2(O)C1=O. The van der Waals surface area contributed by atoms with E-state index in [-0.39, 0.29) is 6.42 Å². The van der Waals surface area contributed by atoms with Crippen molar-refractivity contribution in [3.63, 3.8) is 0 Å². The number of halogens is 1. The number of nitriles is 1. The number of aliphatic hydroxyl groups is 1. The molecule has 1 heterocycles. The van der Waals surface area contributed by atoms with Crippen LogP contribution in [-0.4, -0.2) is 33.1 Å². The Hall–Kier alpha value is -0.630. The maximum atomic E-state index is 11.7. The van der Waals surface area contributed by atoms with Crippen molar-refractivity contribution >= 4 is 17.4 Å². The van der Waals surface area contributed by atoms with E-state index in [4.69, 9.17) is 21.6 Å². The van der Waals surface area contributed by atoms with Crippen molar-refractivity contribution < 1.29 is 14.6 Å². The number of nitrogens with zero attached hydrogens (tertiary/aromatic N) is 1. The summed E-state index contributed by atoms with van der Waals surface area (Å²) >= 11 is 5.87. The molecule has 2 fully saturated rings. The lowest BCUT2D eigenvalue weighted by Crippen LogP contribution is -2.76. The van der Waals surface area contributed by atoms with Crippen molar-refractivity contribution in [2.24, 2.45) is 0 Å². The van der Waals surface area contributed by atoms with Crippen molar-refractivity contribution in [3.05, 3.63) is 0 Å². The Balaban J connectivity index is 2.50. The molecular weight excluding hydrogens is 206 g/mol. The van der Waals surface area contributed by atoms with Crippen molar-refractivity contribution in [3.8, 4) is 6.07 Å². The fraction of sp³-hybridized carbons (Fsp3) is 0.778. The van der Waals surface area contributed by atoms with Crippen LogP contribution in [0.5, 0.6) is 0 Å². The van der Waals surface area contributed by atoms with E-state index in [1.807, 2.05) is 0 Å². The second-order valence-corrected chi connectivity index (χ2v) is 4.80. The van der Waals surface area contributed by atoms with Gasteiger partial charge in [0, 0.05) is 6.42 Å². The van der Waals surface area contributed by atoms with E-state index < -0.39 is 28.0 Å². The Morgan fingerprint density at radius 2 is 2.36 bits per heavy atom. The van der Waals surface area contributed by atoms with Crippen LogP contribution in [-0.2, 0) is 9.53 Å². The van der Waals surface area contributed by atoms with Gasteiger partial charge in [0.1, 0.15) is 11.7 Å². The molecule has 14 heavy (non-hydrogen) atoms. The standard InChI is InChI=1S/C9H10ClNO3/c1-5-6(12)9(13)7(2,14-5)3-8(9,10)4-11/h5,13H,3H2,1-2H3/t5?,7-,8+,9+/m1/s1. The van der Waals surface area contributed by atoms with E-state index in [0.29, 0.717) is 0 Å². The molecule has 0 amide bonds. The molecular formula is C9H10ClNO3. The minimum absolute atomic E-state index is 0.171. The van der Waals surface area contributed by atoms with E-state index >= 15 is 0 Å². The van der Waals surface area contributed by atoms with Crippen LogP contribution in [0.3, 0.4) is 0 Å². The fourth-order valence-corrected chi connectivity index (χ4v) is 3.02. The van der Waals surface area contributed by atoms with Crippen LogP contribution in [0.4, 0.5) is 0 Å². The Morgan fingerprint density at radius 3 is 2.79 bits per heavy atom. The van der Waals surface area contributed by atoms with Crippen LogP contribution in [0.25, 0.3) is 0 Å². The van der Waals surface area contributed by atoms with Gasteiger partial charge in [0.2, 0.25) is 0 Å². The number of fused-ring (bicyclic) bond motifs is 1. The van der Waals surface area contributed by atoms with Crippen LogP contribution in [0.1, 0.15) is 20.3 Å². The second kappa shape index (κ2) is 2.30. The maximum absolute atomic E-state index is 11.7. The first-order chi connectivity index (χ1) is 6.31. The molecule has 76 valence electrons. The predicted octanol–water partition coefficient (Wildman–Crippen LogP) is 0.369. The molecule has 4 atom stereocenters. The third-order valence-electron chi connectivity index (χ3n) is 3.26. The number of carbonyl (C=O) groups is 1. The normalized spacial score (nSPS) is 56.2. The molecule has 5 heteroatoms. The number of ether oxygens (including phenoxy) is 1. The van der Waals surface area contributed by atoms with Gasteiger partial charge in [-0.15, -0.1) is 0 Å². The van der Waals surface area contributed by atoms with Gasteiger partial charge in [0.15, 0.2) is 16.3 Å². The van der Waals surface area contributed by atoms with Crippen LogP contribution in [0.2, 0.25) is 0 Å². The first-order valence-corrected chi connectivity index (χ1v) is 4.73. The van der Waals surface area contributed by atoms with Gasteiger partial charge < -0.3 is 9.84 Å². The first-order valence-electron chi connectivity index (χ1n) is 4.35. The molecule has 4 nitrogen and oxygen atoms in total. The largest absolute Gasteiger partial charge is 0.376 e. The second-order valence-electron chi connectivity index (χ2n) is 4.16. The van der Waals surface area contributed by atoms with Gasteiger partial charge in [0.25, 0.3) is 0 Å². The highest BCUT2D eigenvalue weighted by Crippen LogP contribution is 2.60. The average molecular weight is 216 g/mol.